The molecule has 1 fully saturated rings. The molecule has 1 spiro atoms. The van der Waals surface area contributed by atoms with Gasteiger partial charge in [0.15, 0.2) is 11.5 Å². The average molecular weight is 447 g/mol. The normalized spacial score (nSPS) is 18.1. The summed E-state index contributed by atoms with van der Waals surface area (Å²) in [6, 6.07) is 11.9. The summed E-state index contributed by atoms with van der Waals surface area (Å²) in [5.74, 6) is 1.90. The maximum Gasteiger partial charge on any atom is 0.232 e. The van der Waals surface area contributed by atoms with Crippen molar-refractivity contribution in [3.63, 3.8) is 0 Å². The highest BCUT2D eigenvalue weighted by Gasteiger charge is 2.46. The van der Waals surface area contributed by atoms with E-state index in [4.69, 9.17) is 14.2 Å². The lowest BCUT2D eigenvalue weighted by Gasteiger charge is -2.40. The van der Waals surface area contributed by atoms with Crippen molar-refractivity contribution >= 4 is 15.7 Å². The van der Waals surface area contributed by atoms with Gasteiger partial charge in [-0.2, -0.15) is 0 Å². The molecule has 0 amide bonds. The lowest BCUT2D eigenvalue weighted by atomic mass is 9.74. The van der Waals surface area contributed by atoms with Crippen molar-refractivity contribution in [2.75, 3.05) is 51.5 Å². The first-order chi connectivity index (χ1) is 14.8. The molecule has 2 aliphatic heterocycles. The van der Waals surface area contributed by atoms with E-state index < -0.39 is 10.0 Å². The van der Waals surface area contributed by atoms with Gasteiger partial charge in [-0.15, -0.1) is 0 Å². The van der Waals surface area contributed by atoms with Gasteiger partial charge in [0.25, 0.3) is 0 Å². The number of nitrogens with zero attached hydrogens (tertiary/aromatic N) is 2. The highest BCUT2D eigenvalue weighted by molar-refractivity contribution is 7.92. The summed E-state index contributed by atoms with van der Waals surface area (Å²) in [5.41, 5.74) is 2.97. The third-order valence-electron chi connectivity index (χ3n) is 6.53. The fourth-order valence-corrected chi connectivity index (χ4v) is 5.93. The molecule has 1 saturated heterocycles. The molecule has 0 saturated carbocycles. The van der Waals surface area contributed by atoms with Crippen LogP contribution in [0.2, 0.25) is 0 Å². The zero-order valence-electron chi connectivity index (χ0n) is 18.6. The van der Waals surface area contributed by atoms with Crippen molar-refractivity contribution in [2.45, 2.75) is 24.8 Å². The molecule has 31 heavy (non-hydrogen) atoms. The van der Waals surface area contributed by atoms with Crippen LogP contribution in [0, 0.1) is 0 Å². The van der Waals surface area contributed by atoms with Crippen molar-refractivity contribution in [3.8, 4) is 17.2 Å². The van der Waals surface area contributed by atoms with Gasteiger partial charge in [-0.25, -0.2) is 8.42 Å². The van der Waals surface area contributed by atoms with E-state index in [1.165, 1.54) is 6.26 Å². The number of hydrogen-bond donors (Lipinski definition) is 0. The number of rotatable bonds is 6. The minimum Gasteiger partial charge on any atom is -0.493 e. The predicted octanol–water partition coefficient (Wildman–Crippen LogP) is 3.03. The lowest BCUT2D eigenvalue weighted by Crippen LogP contribution is -2.45. The Morgan fingerprint density at radius 2 is 1.58 bits per heavy atom. The minimum atomic E-state index is -3.30. The first-order valence-corrected chi connectivity index (χ1v) is 12.2. The van der Waals surface area contributed by atoms with Crippen molar-refractivity contribution < 1.29 is 22.6 Å². The first kappa shape index (κ1) is 21.8. The number of fused-ring (bicyclic) bond motifs is 2. The number of piperidine rings is 1. The molecule has 0 aromatic heterocycles. The van der Waals surface area contributed by atoms with Crippen LogP contribution in [0.15, 0.2) is 36.4 Å². The maximum absolute atomic E-state index is 12.4. The Kier molecular flexibility index (Phi) is 5.79. The Morgan fingerprint density at radius 3 is 2.13 bits per heavy atom. The molecule has 7 nitrogen and oxygen atoms in total. The van der Waals surface area contributed by atoms with Crippen LogP contribution in [0.5, 0.6) is 17.2 Å². The molecule has 0 N–H and O–H groups in total. The Bertz CT molecular complexity index is 1040. The van der Waals surface area contributed by atoms with Crippen LogP contribution in [0.3, 0.4) is 0 Å². The molecule has 2 aromatic rings. The van der Waals surface area contributed by atoms with E-state index in [1.807, 2.05) is 30.3 Å². The van der Waals surface area contributed by atoms with Gasteiger partial charge in [0, 0.05) is 18.5 Å². The predicted molar refractivity (Wildman–Crippen MR) is 121 cm³/mol. The molecule has 0 atom stereocenters. The molecule has 168 valence electrons. The van der Waals surface area contributed by atoms with Gasteiger partial charge < -0.3 is 14.2 Å². The van der Waals surface area contributed by atoms with Crippen LogP contribution in [-0.4, -0.2) is 60.5 Å². The summed E-state index contributed by atoms with van der Waals surface area (Å²) in [7, 11) is 1.55. The monoisotopic (exact) mass is 446 g/mol. The van der Waals surface area contributed by atoms with Gasteiger partial charge in [-0.3, -0.25) is 9.21 Å². The number of sulfonamides is 1. The zero-order chi connectivity index (χ0) is 22.2. The molecule has 2 aromatic carbocycles. The van der Waals surface area contributed by atoms with Crippen LogP contribution in [0.4, 0.5) is 5.69 Å². The average Bonchev–Trinajstić information content (AvgIpc) is 3.09. The molecule has 4 rings (SSSR count). The molecule has 8 heteroatoms. The van der Waals surface area contributed by atoms with Gasteiger partial charge in [0.05, 0.1) is 33.3 Å². The van der Waals surface area contributed by atoms with E-state index in [0.717, 1.165) is 49.3 Å². The second-order valence-corrected chi connectivity index (χ2v) is 10.3. The molecular formula is C23H30N2O5S. The molecule has 0 aliphatic carbocycles. The first-order valence-electron chi connectivity index (χ1n) is 10.4. The van der Waals surface area contributed by atoms with Crippen molar-refractivity contribution in [3.05, 3.63) is 47.5 Å². The van der Waals surface area contributed by atoms with Gasteiger partial charge in [-0.1, -0.05) is 18.2 Å². The number of methoxy groups -OCH3 is 3. The molecule has 2 aliphatic rings. The molecule has 0 bridgehead atoms. The molecule has 0 radical (unpaired) electrons. The van der Waals surface area contributed by atoms with Crippen molar-refractivity contribution in [2.24, 2.45) is 0 Å². The van der Waals surface area contributed by atoms with Gasteiger partial charge in [0.2, 0.25) is 15.8 Å². The van der Waals surface area contributed by atoms with E-state index in [-0.39, 0.29) is 5.41 Å². The number of likely N-dealkylation sites (tertiary alicyclic amines) is 1. The van der Waals surface area contributed by atoms with Gasteiger partial charge in [0.1, 0.15) is 0 Å². The van der Waals surface area contributed by atoms with Crippen molar-refractivity contribution in [1.29, 1.82) is 0 Å². The zero-order valence-corrected chi connectivity index (χ0v) is 19.4. The third kappa shape index (κ3) is 3.94. The summed E-state index contributed by atoms with van der Waals surface area (Å²) in [6.07, 6.45) is 3.13. The smallest absolute Gasteiger partial charge is 0.232 e. The van der Waals surface area contributed by atoms with E-state index in [1.54, 1.807) is 25.6 Å². The topological polar surface area (TPSA) is 68.3 Å². The molecule has 0 unspecified atom stereocenters. The molecular weight excluding hydrogens is 416 g/mol. The van der Waals surface area contributed by atoms with Crippen LogP contribution in [-0.2, 0) is 22.0 Å². The minimum absolute atomic E-state index is 0.120. The van der Waals surface area contributed by atoms with E-state index in [9.17, 15) is 8.42 Å². The number of para-hydroxylation sites is 1. The Balaban J connectivity index is 1.52. The summed E-state index contributed by atoms with van der Waals surface area (Å²) in [4.78, 5) is 2.40. The largest absolute Gasteiger partial charge is 0.493 e. The third-order valence-corrected chi connectivity index (χ3v) is 7.66. The highest BCUT2D eigenvalue weighted by Crippen LogP contribution is 2.48. The van der Waals surface area contributed by atoms with E-state index in [2.05, 4.69) is 11.0 Å². The fraction of sp³-hybridized carbons (Fsp3) is 0.478. The number of hydrogen-bond acceptors (Lipinski definition) is 6. The van der Waals surface area contributed by atoms with E-state index in [0.29, 0.717) is 23.8 Å². The van der Waals surface area contributed by atoms with Gasteiger partial charge >= 0.3 is 0 Å². The van der Waals surface area contributed by atoms with Crippen molar-refractivity contribution in [1.82, 2.24) is 4.90 Å². The van der Waals surface area contributed by atoms with Gasteiger partial charge in [-0.05, 0) is 55.3 Å². The van der Waals surface area contributed by atoms with Crippen LogP contribution >= 0.6 is 0 Å². The Hall–Kier alpha value is -2.45. The van der Waals surface area contributed by atoms with E-state index >= 15 is 0 Å². The number of benzene rings is 2. The second kappa shape index (κ2) is 8.24. The summed E-state index contributed by atoms with van der Waals surface area (Å²) >= 11 is 0. The quantitative estimate of drug-likeness (QED) is 0.680. The SMILES string of the molecule is COc1cc(CN2CCC3(CC2)CN(S(C)(=O)=O)c2ccccc23)cc(OC)c1OC. The fourth-order valence-electron chi connectivity index (χ4n) is 4.93. The number of ether oxygens (including phenoxy) is 3. The summed E-state index contributed by atoms with van der Waals surface area (Å²) in [6.45, 7) is 3.08. The van der Waals surface area contributed by atoms with Crippen LogP contribution in [0.1, 0.15) is 24.0 Å². The van der Waals surface area contributed by atoms with Crippen LogP contribution < -0.4 is 18.5 Å². The number of anilines is 1. The Labute approximate surface area is 184 Å². The standard InChI is InChI=1S/C23H30N2O5S/c1-28-20-13-17(14-21(29-2)22(20)30-3)15-24-11-9-23(10-12-24)16-25(31(4,26)27)19-8-6-5-7-18(19)23/h5-8,13-14H,9-12,15-16H2,1-4H3. The maximum atomic E-state index is 12.4. The second-order valence-electron chi connectivity index (χ2n) is 8.38. The highest BCUT2D eigenvalue weighted by atomic mass is 32.2. The summed E-state index contributed by atoms with van der Waals surface area (Å²) < 4.78 is 42.7. The Morgan fingerprint density at radius 1 is 0.968 bits per heavy atom. The molecule has 2 heterocycles. The lowest BCUT2D eigenvalue weighted by molar-refractivity contribution is 0.161. The summed E-state index contributed by atoms with van der Waals surface area (Å²) in [5, 5.41) is 0. The van der Waals surface area contributed by atoms with Crippen LogP contribution in [0.25, 0.3) is 0 Å².